The molecule has 1 aromatic heterocycles. The number of carbonyl (C=O) groups is 2. The molecule has 1 aliphatic heterocycles. The molecule has 2 aromatic carbocycles. The highest BCUT2D eigenvalue weighted by molar-refractivity contribution is 6.51. The fourth-order valence-electron chi connectivity index (χ4n) is 3.83. The van der Waals surface area contributed by atoms with Crippen LogP contribution >= 0.6 is 0 Å². The Morgan fingerprint density at radius 2 is 1.72 bits per heavy atom. The summed E-state index contributed by atoms with van der Waals surface area (Å²) in [6, 6.07) is 13.6. The lowest BCUT2D eigenvalue weighted by Gasteiger charge is -2.24. The normalized spacial score (nSPS) is 17.8. The number of ketones is 1. The van der Waals surface area contributed by atoms with Crippen LogP contribution in [0.2, 0.25) is 0 Å². The van der Waals surface area contributed by atoms with Crippen molar-refractivity contribution in [3.05, 3.63) is 88.6 Å². The van der Waals surface area contributed by atoms with Crippen LogP contribution in [0, 0.1) is 19.7 Å². The molecule has 2 heterocycles. The average Bonchev–Trinajstić information content (AvgIpc) is 3.30. The number of aliphatic hydroxyl groups is 1. The van der Waals surface area contributed by atoms with E-state index in [0.29, 0.717) is 22.8 Å². The molecule has 1 aliphatic rings. The summed E-state index contributed by atoms with van der Waals surface area (Å²) in [4.78, 5) is 29.4. The number of hydrogen-bond donors (Lipinski definition) is 1. The summed E-state index contributed by atoms with van der Waals surface area (Å²) in [5.74, 6) is -1.47. The average molecular weight is 434 g/mol. The highest BCUT2D eigenvalue weighted by atomic mass is 19.1. The van der Waals surface area contributed by atoms with Gasteiger partial charge in [0.15, 0.2) is 0 Å². The molecule has 0 bridgehead atoms. The van der Waals surface area contributed by atoms with Crippen molar-refractivity contribution in [2.24, 2.45) is 0 Å². The van der Waals surface area contributed by atoms with Crippen molar-refractivity contribution >= 4 is 28.8 Å². The third-order valence-electron chi connectivity index (χ3n) is 5.55. The molecule has 1 saturated heterocycles. The van der Waals surface area contributed by atoms with E-state index in [9.17, 15) is 19.1 Å². The largest absolute Gasteiger partial charge is 0.507 e. The van der Waals surface area contributed by atoms with E-state index in [4.69, 9.17) is 4.42 Å². The maximum atomic E-state index is 13.7. The number of anilines is 2. The topological polar surface area (TPSA) is 74.0 Å². The van der Waals surface area contributed by atoms with Gasteiger partial charge in [0.1, 0.15) is 29.1 Å². The second-order valence-electron chi connectivity index (χ2n) is 7.99. The molecule has 0 saturated carbocycles. The van der Waals surface area contributed by atoms with Gasteiger partial charge in [-0.3, -0.25) is 14.5 Å². The van der Waals surface area contributed by atoms with Crippen molar-refractivity contribution < 1.29 is 23.5 Å². The summed E-state index contributed by atoms with van der Waals surface area (Å²) in [6.07, 6.45) is 0. The van der Waals surface area contributed by atoms with Crippen LogP contribution in [-0.4, -0.2) is 30.9 Å². The maximum Gasteiger partial charge on any atom is 0.300 e. The number of amides is 1. The molecule has 1 atom stereocenters. The molecule has 1 unspecified atom stereocenters. The Kier molecular flexibility index (Phi) is 5.34. The van der Waals surface area contributed by atoms with Gasteiger partial charge in [-0.25, -0.2) is 4.39 Å². The van der Waals surface area contributed by atoms with Gasteiger partial charge in [-0.15, -0.1) is 0 Å². The molecule has 1 fully saturated rings. The smallest absolute Gasteiger partial charge is 0.300 e. The molecule has 0 radical (unpaired) electrons. The van der Waals surface area contributed by atoms with Gasteiger partial charge in [-0.1, -0.05) is 0 Å². The van der Waals surface area contributed by atoms with Crippen LogP contribution in [-0.2, 0) is 9.59 Å². The second kappa shape index (κ2) is 8.00. The lowest BCUT2D eigenvalue weighted by Crippen LogP contribution is -2.29. The van der Waals surface area contributed by atoms with E-state index >= 15 is 0 Å². The van der Waals surface area contributed by atoms with Crippen LogP contribution in [0.15, 0.2) is 64.6 Å². The summed E-state index contributed by atoms with van der Waals surface area (Å²) in [5.41, 5.74) is 1.88. The number of halogens is 1. The van der Waals surface area contributed by atoms with Crippen molar-refractivity contribution in [1.29, 1.82) is 0 Å². The lowest BCUT2D eigenvalue weighted by atomic mass is 9.98. The Hall–Kier alpha value is -3.87. The van der Waals surface area contributed by atoms with Crippen LogP contribution in [0.4, 0.5) is 15.8 Å². The second-order valence-corrected chi connectivity index (χ2v) is 7.99. The molecule has 3 aromatic rings. The third-order valence-corrected chi connectivity index (χ3v) is 5.55. The quantitative estimate of drug-likeness (QED) is 0.365. The third kappa shape index (κ3) is 3.56. The van der Waals surface area contributed by atoms with E-state index in [1.165, 1.54) is 23.1 Å². The number of hydrogen-bond acceptors (Lipinski definition) is 5. The summed E-state index contributed by atoms with van der Waals surface area (Å²) in [6.45, 7) is 3.31. The van der Waals surface area contributed by atoms with Gasteiger partial charge >= 0.3 is 0 Å². The number of Topliss-reactive ketones (excluding diaryl/α,β-unsaturated/α-hetero) is 1. The molecule has 164 valence electrons. The predicted molar refractivity (Wildman–Crippen MR) is 120 cm³/mol. The van der Waals surface area contributed by atoms with Gasteiger partial charge in [-0.2, -0.15) is 0 Å². The first kappa shape index (κ1) is 21.4. The van der Waals surface area contributed by atoms with Crippen molar-refractivity contribution in [3.8, 4) is 0 Å². The molecule has 4 rings (SSSR count). The molecule has 0 aliphatic carbocycles. The standard InChI is InChI=1S/C25H23FN2O4/c1-14-13-16(6-11-19(14)26)23(29)21-22(20-12-5-15(2)32-20)28(25(31)24(21)30)18-9-7-17(8-10-18)27(3)4/h5-13,22,29H,1-4H3/b23-21-. The monoisotopic (exact) mass is 434 g/mol. The van der Waals surface area contributed by atoms with E-state index in [1.807, 2.05) is 31.1 Å². The molecule has 1 amide bonds. The van der Waals surface area contributed by atoms with E-state index in [1.54, 1.807) is 38.1 Å². The first-order valence-electron chi connectivity index (χ1n) is 10.1. The van der Waals surface area contributed by atoms with Gasteiger partial charge < -0.3 is 14.4 Å². The number of benzene rings is 2. The van der Waals surface area contributed by atoms with Gasteiger partial charge in [-0.05, 0) is 74.0 Å². The summed E-state index contributed by atoms with van der Waals surface area (Å²) in [5, 5.41) is 11.1. The molecule has 0 spiro atoms. The molecular weight excluding hydrogens is 411 g/mol. The SMILES string of the molecule is Cc1ccc(C2/C(=C(/O)c3ccc(F)c(C)c3)C(=O)C(=O)N2c2ccc(N(C)C)cc2)o1. The molecule has 7 heteroatoms. The molecular formula is C25H23FN2O4. The van der Waals surface area contributed by atoms with Crippen molar-refractivity contribution in [3.63, 3.8) is 0 Å². The molecule has 32 heavy (non-hydrogen) atoms. The minimum absolute atomic E-state index is 0.105. The minimum atomic E-state index is -0.959. The van der Waals surface area contributed by atoms with Crippen LogP contribution in [0.3, 0.4) is 0 Å². The van der Waals surface area contributed by atoms with Crippen LogP contribution in [0.1, 0.15) is 28.7 Å². The van der Waals surface area contributed by atoms with Crippen LogP contribution in [0.5, 0.6) is 0 Å². The van der Waals surface area contributed by atoms with Crippen LogP contribution in [0.25, 0.3) is 5.76 Å². The molecule has 6 nitrogen and oxygen atoms in total. The first-order chi connectivity index (χ1) is 15.2. The zero-order valence-corrected chi connectivity index (χ0v) is 18.2. The highest BCUT2D eigenvalue weighted by Gasteiger charge is 2.48. The number of furan rings is 1. The molecule has 1 N–H and O–H groups in total. The van der Waals surface area contributed by atoms with E-state index in [-0.39, 0.29) is 16.9 Å². The number of aryl methyl sites for hydroxylation is 2. The van der Waals surface area contributed by atoms with E-state index in [0.717, 1.165) is 5.69 Å². The predicted octanol–water partition coefficient (Wildman–Crippen LogP) is 4.73. The lowest BCUT2D eigenvalue weighted by molar-refractivity contribution is -0.132. The van der Waals surface area contributed by atoms with Crippen molar-refractivity contribution in [1.82, 2.24) is 0 Å². The van der Waals surface area contributed by atoms with Crippen LogP contribution < -0.4 is 9.80 Å². The first-order valence-corrected chi connectivity index (χ1v) is 10.1. The minimum Gasteiger partial charge on any atom is -0.507 e. The highest BCUT2D eigenvalue weighted by Crippen LogP contribution is 2.43. The summed E-state index contributed by atoms with van der Waals surface area (Å²) < 4.78 is 19.5. The Morgan fingerprint density at radius 3 is 2.28 bits per heavy atom. The van der Waals surface area contributed by atoms with Gasteiger partial charge in [0.2, 0.25) is 0 Å². The Balaban J connectivity index is 1.90. The Bertz CT molecular complexity index is 1240. The maximum absolute atomic E-state index is 13.7. The van der Waals surface area contributed by atoms with Gasteiger partial charge in [0.05, 0.1) is 5.57 Å². The fraction of sp³-hybridized carbons (Fsp3) is 0.200. The summed E-state index contributed by atoms with van der Waals surface area (Å²) >= 11 is 0. The Morgan fingerprint density at radius 1 is 1.03 bits per heavy atom. The zero-order chi connectivity index (χ0) is 23.2. The van der Waals surface area contributed by atoms with Gasteiger partial charge in [0.25, 0.3) is 11.7 Å². The fourth-order valence-corrected chi connectivity index (χ4v) is 3.83. The number of nitrogens with zero attached hydrogens (tertiary/aromatic N) is 2. The number of carbonyl (C=O) groups excluding carboxylic acids is 2. The van der Waals surface area contributed by atoms with E-state index < -0.39 is 23.5 Å². The van der Waals surface area contributed by atoms with Crippen molar-refractivity contribution in [2.75, 3.05) is 23.9 Å². The Labute approximate surface area is 185 Å². The zero-order valence-electron chi connectivity index (χ0n) is 18.2. The number of rotatable bonds is 4. The van der Waals surface area contributed by atoms with E-state index in [2.05, 4.69) is 0 Å². The van der Waals surface area contributed by atoms with Crippen molar-refractivity contribution in [2.45, 2.75) is 19.9 Å². The number of aliphatic hydroxyl groups excluding tert-OH is 1. The summed E-state index contributed by atoms with van der Waals surface area (Å²) in [7, 11) is 3.80. The van der Waals surface area contributed by atoms with Gasteiger partial charge in [0, 0.05) is 31.0 Å².